The molecule has 5 heteroatoms. The molecule has 1 aromatic carbocycles. The molecular formula is C17H26N2O3. The molecule has 1 saturated carbocycles. The molecule has 1 aliphatic rings. The van der Waals surface area contributed by atoms with E-state index in [1.54, 1.807) is 7.11 Å². The van der Waals surface area contributed by atoms with E-state index in [1.165, 1.54) is 19.3 Å². The van der Waals surface area contributed by atoms with Crippen LogP contribution in [0.1, 0.15) is 40.0 Å². The summed E-state index contributed by atoms with van der Waals surface area (Å²) in [6, 6.07) is 5.68. The molecule has 0 radical (unpaired) electrons. The lowest BCUT2D eigenvalue weighted by molar-refractivity contribution is 0.0635. The van der Waals surface area contributed by atoms with Gasteiger partial charge in [0.15, 0.2) is 0 Å². The molecule has 0 unspecified atom stereocenters. The average Bonchev–Trinajstić information content (AvgIpc) is 2.35. The molecule has 0 spiro atoms. The summed E-state index contributed by atoms with van der Waals surface area (Å²) in [6.45, 7) is 6.47. The van der Waals surface area contributed by atoms with Gasteiger partial charge in [-0.3, -0.25) is 5.32 Å². The minimum atomic E-state index is -0.530. The maximum Gasteiger partial charge on any atom is 0.412 e. The summed E-state index contributed by atoms with van der Waals surface area (Å²) < 4.78 is 10.6. The number of carbonyl (C=O) groups is 1. The average molecular weight is 306 g/mol. The minimum Gasteiger partial charge on any atom is -0.495 e. The predicted octanol–water partition coefficient (Wildman–Crippen LogP) is 4.25. The van der Waals surface area contributed by atoms with E-state index in [2.05, 4.69) is 10.6 Å². The number of ether oxygens (including phenoxy) is 2. The molecule has 122 valence electrons. The summed E-state index contributed by atoms with van der Waals surface area (Å²) in [6.07, 6.45) is 3.45. The summed E-state index contributed by atoms with van der Waals surface area (Å²) >= 11 is 0. The third kappa shape index (κ3) is 4.83. The van der Waals surface area contributed by atoms with Crippen molar-refractivity contribution in [3.8, 4) is 5.75 Å². The number of anilines is 2. The molecule has 1 aliphatic carbocycles. The number of carbonyl (C=O) groups excluding carboxylic acids is 1. The van der Waals surface area contributed by atoms with Gasteiger partial charge in [0, 0.05) is 12.2 Å². The number of nitrogens with one attached hydrogen (secondary N) is 2. The molecule has 1 aromatic rings. The molecule has 0 saturated heterocycles. The van der Waals surface area contributed by atoms with E-state index in [4.69, 9.17) is 9.47 Å². The molecule has 1 amide bonds. The highest BCUT2D eigenvalue weighted by Crippen LogP contribution is 2.30. The second-order valence-electron chi connectivity index (χ2n) is 6.72. The van der Waals surface area contributed by atoms with E-state index < -0.39 is 11.7 Å². The molecule has 2 rings (SSSR count). The Morgan fingerprint density at radius 3 is 2.59 bits per heavy atom. The van der Waals surface area contributed by atoms with Crippen LogP contribution < -0.4 is 15.4 Å². The van der Waals surface area contributed by atoms with E-state index >= 15 is 0 Å². The number of benzene rings is 1. The van der Waals surface area contributed by atoms with Gasteiger partial charge in [0.2, 0.25) is 0 Å². The van der Waals surface area contributed by atoms with Crippen molar-refractivity contribution in [2.75, 3.05) is 24.3 Å². The van der Waals surface area contributed by atoms with Crippen LogP contribution in [0.4, 0.5) is 16.2 Å². The van der Waals surface area contributed by atoms with Crippen LogP contribution in [0.2, 0.25) is 0 Å². The molecule has 0 heterocycles. The standard InChI is InChI=1S/C17H26N2O3/c1-17(2,3)22-16(20)19-14-10-13(8-9-15(14)21-4)18-11-12-6-5-7-12/h8-10,12,18H,5-7,11H2,1-4H3,(H,19,20). The molecule has 22 heavy (non-hydrogen) atoms. The van der Waals surface area contributed by atoms with Gasteiger partial charge in [0.05, 0.1) is 12.8 Å². The van der Waals surface area contributed by atoms with Crippen molar-refractivity contribution in [2.45, 2.75) is 45.6 Å². The van der Waals surface area contributed by atoms with Crippen LogP contribution >= 0.6 is 0 Å². The molecular weight excluding hydrogens is 280 g/mol. The van der Waals surface area contributed by atoms with Crippen molar-refractivity contribution in [1.82, 2.24) is 0 Å². The fraction of sp³-hybridized carbons (Fsp3) is 0.588. The SMILES string of the molecule is COc1ccc(NCC2CCC2)cc1NC(=O)OC(C)(C)C. The number of hydrogen-bond acceptors (Lipinski definition) is 4. The van der Waals surface area contributed by atoms with Crippen LogP contribution in [-0.2, 0) is 4.74 Å². The molecule has 0 aliphatic heterocycles. The maximum absolute atomic E-state index is 11.9. The lowest BCUT2D eigenvalue weighted by atomic mass is 9.85. The Hall–Kier alpha value is -1.91. The van der Waals surface area contributed by atoms with Crippen LogP contribution in [0.25, 0.3) is 0 Å². The molecule has 5 nitrogen and oxygen atoms in total. The summed E-state index contributed by atoms with van der Waals surface area (Å²) in [7, 11) is 1.58. The van der Waals surface area contributed by atoms with E-state index in [9.17, 15) is 4.79 Å². The van der Waals surface area contributed by atoms with Crippen molar-refractivity contribution in [3.63, 3.8) is 0 Å². The number of methoxy groups -OCH3 is 1. The highest BCUT2D eigenvalue weighted by molar-refractivity contribution is 5.88. The summed E-state index contributed by atoms with van der Waals surface area (Å²) in [5.41, 5.74) is 1.05. The lowest BCUT2D eigenvalue weighted by Crippen LogP contribution is -2.27. The molecule has 0 atom stereocenters. The van der Waals surface area contributed by atoms with Crippen molar-refractivity contribution in [1.29, 1.82) is 0 Å². The van der Waals surface area contributed by atoms with E-state index in [0.29, 0.717) is 11.4 Å². The van der Waals surface area contributed by atoms with Gasteiger partial charge < -0.3 is 14.8 Å². The summed E-state index contributed by atoms with van der Waals surface area (Å²) in [5.74, 6) is 1.38. The first kappa shape index (κ1) is 16.5. The smallest absolute Gasteiger partial charge is 0.412 e. The zero-order valence-electron chi connectivity index (χ0n) is 13.9. The first-order chi connectivity index (χ1) is 10.4. The van der Waals surface area contributed by atoms with Crippen molar-refractivity contribution in [2.24, 2.45) is 5.92 Å². The normalized spacial score (nSPS) is 14.9. The minimum absolute atomic E-state index is 0.484. The van der Waals surface area contributed by atoms with Crippen LogP contribution in [-0.4, -0.2) is 25.3 Å². The fourth-order valence-electron chi connectivity index (χ4n) is 2.29. The van der Waals surface area contributed by atoms with Crippen molar-refractivity contribution in [3.05, 3.63) is 18.2 Å². The molecule has 2 N–H and O–H groups in total. The van der Waals surface area contributed by atoms with Gasteiger partial charge in [0.25, 0.3) is 0 Å². The Labute approximate surface area is 132 Å². The van der Waals surface area contributed by atoms with Crippen LogP contribution in [0.15, 0.2) is 18.2 Å². The van der Waals surface area contributed by atoms with Gasteiger partial charge >= 0.3 is 6.09 Å². The van der Waals surface area contributed by atoms with E-state index in [0.717, 1.165) is 18.2 Å². The molecule has 1 fully saturated rings. The van der Waals surface area contributed by atoms with E-state index in [1.807, 2.05) is 39.0 Å². The van der Waals surface area contributed by atoms with Crippen molar-refractivity contribution >= 4 is 17.5 Å². The quantitative estimate of drug-likeness (QED) is 0.853. The Balaban J connectivity index is 2.01. The summed E-state index contributed by atoms with van der Waals surface area (Å²) in [4.78, 5) is 11.9. The number of amides is 1. The van der Waals surface area contributed by atoms with Gasteiger partial charge in [-0.25, -0.2) is 4.79 Å². The number of hydrogen-bond donors (Lipinski definition) is 2. The zero-order valence-corrected chi connectivity index (χ0v) is 13.9. The predicted molar refractivity (Wildman–Crippen MR) is 88.7 cm³/mol. The number of rotatable bonds is 5. The first-order valence-corrected chi connectivity index (χ1v) is 7.79. The third-order valence-electron chi connectivity index (χ3n) is 3.65. The Morgan fingerprint density at radius 1 is 1.32 bits per heavy atom. The molecule has 0 aromatic heterocycles. The second kappa shape index (κ2) is 6.90. The third-order valence-corrected chi connectivity index (χ3v) is 3.65. The highest BCUT2D eigenvalue weighted by Gasteiger charge is 2.19. The second-order valence-corrected chi connectivity index (χ2v) is 6.72. The lowest BCUT2D eigenvalue weighted by Gasteiger charge is -2.26. The molecule has 0 bridgehead atoms. The fourth-order valence-corrected chi connectivity index (χ4v) is 2.29. The Morgan fingerprint density at radius 2 is 2.05 bits per heavy atom. The van der Waals surface area contributed by atoms with E-state index in [-0.39, 0.29) is 0 Å². The van der Waals surface area contributed by atoms with Gasteiger partial charge in [-0.05, 0) is 57.7 Å². The Kier molecular flexibility index (Phi) is 5.16. The van der Waals surface area contributed by atoms with Crippen LogP contribution in [0.5, 0.6) is 5.75 Å². The van der Waals surface area contributed by atoms with Gasteiger partial charge in [-0.15, -0.1) is 0 Å². The van der Waals surface area contributed by atoms with Crippen LogP contribution in [0, 0.1) is 5.92 Å². The highest BCUT2D eigenvalue weighted by atomic mass is 16.6. The van der Waals surface area contributed by atoms with Crippen molar-refractivity contribution < 1.29 is 14.3 Å². The monoisotopic (exact) mass is 306 g/mol. The van der Waals surface area contributed by atoms with Gasteiger partial charge in [-0.2, -0.15) is 0 Å². The zero-order chi connectivity index (χ0) is 16.2. The largest absolute Gasteiger partial charge is 0.495 e. The van der Waals surface area contributed by atoms with Gasteiger partial charge in [-0.1, -0.05) is 6.42 Å². The van der Waals surface area contributed by atoms with Gasteiger partial charge in [0.1, 0.15) is 11.4 Å². The topological polar surface area (TPSA) is 59.6 Å². The first-order valence-electron chi connectivity index (χ1n) is 7.79. The van der Waals surface area contributed by atoms with Crippen LogP contribution in [0.3, 0.4) is 0 Å². The maximum atomic E-state index is 11.9. The summed E-state index contributed by atoms with van der Waals surface area (Å²) in [5, 5.41) is 6.16. The Bertz CT molecular complexity index is 519.